The topological polar surface area (TPSA) is 97.4 Å². The first-order valence-corrected chi connectivity index (χ1v) is 13.4. The second-order valence-electron chi connectivity index (χ2n) is 10.4. The van der Waals surface area contributed by atoms with E-state index in [9.17, 15) is 9.59 Å². The monoisotopic (exact) mass is 564 g/mol. The first kappa shape index (κ1) is 27.5. The normalized spacial score (nSPS) is 15.8. The van der Waals surface area contributed by atoms with Gasteiger partial charge in [0.25, 0.3) is 0 Å². The van der Waals surface area contributed by atoms with Crippen LogP contribution in [0.4, 0.5) is 10.2 Å². The Morgan fingerprint density at radius 3 is 2.62 bits per heavy atom. The van der Waals surface area contributed by atoms with Crippen molar-refractivity contribution in [1.82, 2.24) is 24.6 Å². The summed E-state index contributed by atoms with van der Waals surface area (Å²) in [5, 5.41) is 4.83. The van der Waals surface area contributed by atoms with Crippen LogP contribution >= 0.6 is 11.6 Å². The number of aromatic nitrogens is 4. The summed E-state index contributed by atoms with van der Waals surface area (Å²) in [7, 11) is 0. The van der Waals surface area contributed by atoms with Crippen molar-refractivity contribution in [3.63, 3.8) is 0 Å². The van der Waals surface area contributed by atoms with Gasteiger partial charge in [0.15, 0.2) is 11.4 Å². The number of hydrogen-bond acceptors (Lipinski definition) is 7. The molecule has 0 unspecified atom stereocenters. The summed E-state index contributed by atoms with van der Waals surface area (Å²) in [6.07, 6.45) is 1.29. The van der Waals surface area contributed by atoms with Crippen LogP contribution in [0.1, 0.15) is 43.7 Å². The first-order valence-electron chi connectivity index (χ1n) is 13.1. The van der Waals surface area contributed by atoms with E-state index in [1.165, 1.54) is 16.7 Å². The highest BCUT2D eigenvalue weighted by atomic mass is 35.5. The molecular weight excluding hydrogens is 535 g/mol. The van der Waals surface area contributed by atoms with E-state index < -0.39 is 11.5 Å². The summed E-state index contributed by atoms with van der Waals surface area (Å²) in [5.41, 5.74) is 1.77. The predicted octanol–water partition coefficient (Wildman–Crippen LogP) is 5.19. The van der Waals surface area contributed by atoms with Gasteiger partial charge in [-0.2, -0.15) is 4.98 Å². The average Bonchev–Trinajstić information content (AvgIpc) is 3.29. The summed E-state index contributed by atoms with van der Waals surface area (Å²) < 4.78 is 22.1. The molecule has 1 atom stereocenters. The Morgan fingerprint density at radius 1 is 1.23 bits per heavy atom. The van der Waals surface area contributed by atoms with Gasteiger partial charge in [0.1, 0.15) is 23.0 Å². The summed E-state index contributed by atoms with van der Waals surface area (Å²) in [5.74, 6) is 0.172. The van der Waals surface area contributed by atoms with Gasteiger partial charge < -0.3 is 14.3 Å². The third kappa shape index (κ3) is 4.66. The van der Waals surface area contributed by atoms with E-state index in [4.69, 9.17) is 21.1 Å². The second-order valence-corrected chi connectivity index (χ2v) is 10.8. The zero-order valence-corrected chi connectivity index (χ0v) is 23.8. The van der Waals surface area contributed by atoms with Gasteiger partial charge in [0.05, 0.1) is 16.1 Å². The molecule has 0 bridgehead atoms. The second kappa shape index (κ2) is 10.5. The molecule has 1 fully saturated rings. The fraction of sp³-hybridized carbons (Fsp3) is 0.345. The number of piperazine rings is 1. The quantitative estimate of drug-likeness (QED) is 0.308. The first-order chi connectivity index (χ1) is 19.0. The zero-order valence-electron chi connectivity index (χ0n) is 23.0. The molecule has 0 N–H and O–H groups in total. The fourth-order valence-electron chi connectivity index (χ4n) is 5.16. The Hall–Kier alpha value is -4.05. The number of anilines is 1. The van der Waals surface area contributed by atoms with Crippen LogP contribution in [0.3, 0.4) is 0 Å². The van der Waals surface area contributed by atoms with Crippen molar-refractivity contribution < 1.29 is 13.7 Å². The lowest BCUT2D eigenvalue weighted by Crippen LogP contribution is -2.54. The number of benzene rings is 1. The maximum Gasteiger partial charge on any atom is 0.356 e. The number of rotatable bonds is 5. The molecule has 1 aromatic carbocycles. The molecule has 1 amide bonds. The number of amides is 1. The van der Waals surface area contributed by atoms with Gasteiger partial charge in [-0.3, -0.25) is 4.79 Å². The molecule has 0 spiro atoms. The van der Waals surface area contributed by atoms with Gasteiger partial charge in [-0.15, -0.1) is 0 Å². The van der Waals surface area contributed by atoms with Crippen LogP contribution in [-0.4, -0.2) is 56.2 Å². The molecule has 0 saturated carbocycles. The van der Waals surface area contributed by atoms with E-state index in [0.29, 0.717) is 48.0 Å². The van der Waals surface area contributed by atoms with Crippen molar-refractivity contribution in [1.29, 1.82) is 0 Å². The molecule has 40 heavy (non-hydrogen) atoms. The molecule has 9 nitrogen and oxygen atoms in total. The van der Waals surface area contributed by atoms with Gasteiger partial charge in [-0.25, -0.2) is 18.7 Å². The van der Waals surface area contributed by atoms with E-state index in [1.807, 2.05) is 25.7 Å². The van der Waals surface area contributed by atoms with Crippen LogP contribution in [0.5, 0.6) is 0 Å². The summed E-state index contributed by atoms with van der Waals surface area (Å²) in [6.45, 7) is 14.2. The molecule has 11 heteroatoms. The smallest absolute Gasteiger partial charge is 0.356 e. The highest BCUT2D eigenvalue weighted by Gasteiger charge is 2.31. The van der Waals surface area contributed by atoms with Crippen molar-refractivity contribution in [2.45, 2.75) is 46.6 Å². The third-order valence-electron chi connectivity index (χ3n) is 7.17. The highest BCUT2D eigenvalue weighted by molar-refractivity contribution is 6.33. The van der Waals surface area contributed by atoms with Gasteiger partial charge in [0, 0.05) is 37.2 Å². The van der Waals surface area contributed by atoms with Gasteiger partial charge in [0.2, 0.25) is 5.91 Å². The molecule has 1 aliphatic heterocycles. The Kier molecular flexibility index (Phi) is 7.22. The van der Waals surface area contributed by atoms with Gasteiger partial charge in [-0.05, 0) is 50.6 Å². The SMILES string of the molecule is C=CC(=O)N1CCN(c2nc(=O)n(-c3c(C)noc3C(C)C)c3nc(-c4ccc(C)cc4F)c(Cl)cc23)[C@@H](C)C1. The van der Waals surface area contributed by atoms with E-state index in [-0.39, 0.29) is 39.8 Å². The molecule has 4 aromatic rings. The standard InChI is InChI=1S/C29H30ClFN6O3/c1-7-23(38)35-10-11-36(17(5)14-35)27-20-13-21(30)24(19-9-8-16(4)12-22(19)31)32-28(20)37(29(39)33-27)25-18(6)34-40-26(25)15(2)3/h7-9,12-13,15,17H,1,10-11,14H2,2-6H3/t17-/m0/s1. The fourth-order valence-corrected chi connectivity index (χ4v) is 5.42. The van der Waals surface area contributed by atoms with Crippen molar-refractivity contribution in [3.8, 4) is 16.9 Å². The third-order valence-corrected chi connectivity index (χ3v) is 7.46. The summed E-state index contributed by atoms with van der Waals surface area (Å²) in [6, 6.07) is 6.31. The Balaban J connectivity index is 1.79. The van der Waals surface area contributed by atoms with Crippen LogP contribution in [-0.2, 0) is 4.79 Å². The number of hydrogen-bond donors (Lipinski definition) is 0. The lowest BCUT2D eigenvalue weighted by atomic mass is 10.1. The maximum absolute atomic E-state index is 15.1. The Labute approximate surface area is 235 Å². The Bertz CT molecular complexity index is 1710. The molecule has 1 saturated heterocycles. The van der Waals surface area contributed by atoms with Gasteiger partial charge in [-0.1, -0.05) is 43.3 Å². The largest absolute Gasteiger partial charge is 0.359 e. The molecule has 0 radical (unpaired) electrons. The molecule has 5 rings (SSSR count). The van der Waals surface area contributed by atoms with Crippen molar-refractivity contribution in [2.75, 3.05) is 24.5 Å². The van der Waals surface area contributed by atoms with E-state index in [0.717, 1.165) is 5.56 Å². The minimum Gasteiger partial charge on any atom is -0.359 e. The van der Waals surface area contributed by atoms with Crippen molar-refractivity contribution >= 4 is 34.4 Å². The van der Waals surface area contributed by atoms with E-state index in [2.05, 4.69) is 16.7 Å². The molecule has 3 aromatic heterocycles. The number of halogens is 2. The van der Waals surface area contributed by atoms with Crippen molar-refractivity contribution in [2.24, 2.45) is 0 Å². The maximum atomic E-state index is 15.1. The molecule has 208 valence electrons. The van der Waals surface area contributed by atoms with Crippen LogP contribution in [0, 0.1) is 19.7 Å². The molecule has 4 heterocycles. The van der Waals surface area contributed by atoms with Crippen LogP contribution in [0.15, 0.2) is 46.2 Å². The van der Waals surface area contributed by atoms with Gasteiger partial charge >= 0.3 is 5.69 Å². The average molecular weight is 565 g/mol. The van der Waals surface area contributed by atoms with E-state index in [1.54, 1.807) is 36.9 Å². The predicted molar refractivity (Wildman–Crippen MR) is 153 cm³/mol. The number of fused-ring (bicyclic) bond motifs is 1. The van der Waals surface area contributed by atoms with Crippen LogP contribution in [0.2, 0.25) is 5.02 Å². The number of nitrogens with zero attached hydrogens (tertiary/aromatic N) is 6. The lowest BCUT2D eigenvalue weighted by Gasteiger charge is -2.40. The lowest BCUT2D eigenvalue weighted by molar-refractivity contribution is -0.126. The van der Waals surface area contributed by atoms with Crippen molar-refractivity contribution in [3.05, 3.63) is 75.3 Å². The minimum atomic E-state index is -0.586. The number of pyridine rings is 1. The highest BCUT2D eigenvalue weighted by Crippen LogP contribution is 2.36. The summed E-state index contributed by atoms with van der Waals surface area (Å²) in [4.78, 5) is 39.0. The molecular formula is C29H30ClFN6O3. The minimum absolute atomic E-state index is 0.0883. The number of carbonyl (C=O) groups is 1. The van der Waals surface area contributed by atoms with E-state index >= 15 is 4.39 Å². The molecule has 0 aliphatic carbocycles. The van der Waals surface area contributed by atoms with Crippen LogP contribution in [0.25, 0.3) is 28.0 Å². The zero-order chi connectivity index (χ0) is 28.9. The molecule has 1 aliphatic rings. The Morgan fingerprint density at radius 2 is 1.98 bits per heavy atom. The number of aryl methyl sites for hydroxylation is 2. The number of carbonyl (C=O) groups excluding carboxylic acids is 1. The summed E-state index contributed by atoms with van der Waals surface area (Å²) >= 11 is 6.75. The van der Waals surface area contributed by atoms with Crippen LogP contribution < -0.4 is 10.6 Å².